The molecule has 1 N–H and O–H groups in total. The van der Waals surface area contributed by atoms with Crippen molar-refractivity contribution in [1.82, 2.24) is 9.19 Å². The maximum Gasteiger partial charge on any atom is 0.253 e. The van der Waals surface area contributed by atoms with Gasteiger partial charge in [-0.3, -0.25) is 0 Å². The molecular formula is C24H34N2O3S. The van der Waals surface area contributed by atoms with Crippen molar-refractivity contribution in [3.8, 4) is 12.3 Å². The molecule has 3 saturated carbocycles. The van der Waals surface area contributed by atoms with Crippen molar-refractivity contribution in [2.45, 2.75) is 77.7 Å². The van der Waals surface area contributed by atoms with Crippen molar-refractivity contribution in [2.24, 2.45) is 34.5 Å². The lowest BCUT2D eigenvalue weighted by molar-refractivity contribution is -0.127. The van der Waals surface area contributed by atoms with E-state index in [2.05, 4.69) is 24.9 Å². The lowest BCUT2D eigenvalue weighted by Gasteiger charge is -2.60. The summed E-state index contributed by atoms with van der Waals surface area (Å²) in [5, 5.41) is 15.7. The van der Waals surface area contributed by atoms with E-state index in [1.807, 2.05) is 0 Å². The highest BCUT2D eigenvalue weighted by molar-refractivity contribution is 7.89. The van der Waals surface area contributed by atoms with Gasteiger partial charge in [0, 0.05) is 11.6 Å². The zero-order valence-corrected chi connectivity index (χ0v) is 19.2. The molecule has 6 heteroatoms. The van der Waals surface area contributed by atoms with Crippen LogP contribution in [-0.4, -0.2) is 34.1 Å². The van der Waals surface area contributed by atoms with E-state index < -0.39 is 15.6 Å². The normalized spacial score (nSPS) is 45.0. The van der Waals surface area contributed by atoms with Crippen molar-refractivity contribution >= 4 is 10.0 Å². The second-order valence-corrected chi connectivity index (χ2v) is 13.0. The van der Waals surface area contributed by atoms with Crippen LogP contribution in [0.5, 0.6) is 0 Å². The zero-order chi connectivity index (χ0) is 21.5. The number of aromatic nitrogens is 2. The monoisotopic (exact) mass is 430 g/mol. The fourth-order valence-corrected chi connectivity index (χ4v) is 8.83. The van der Waals surface area contributed by atoms with E-state index >= 15 is 0 Å². The molecule has 5 nitrogen and oxygen atoms in total. The highest BCUT2D eigenvalue weighted by atomic mass is 32.2. The van der Waals surface area contributed by atoms with E-state index in [4.69, 9.17) is 6.42 Å². The van der Waals surface area contributed by atoms with Gasteiger partial charge in [0.25, 0.3) is 10.0 Å². The van der Waals surface area contributed by atoms with Gasteiger partial charge in [-0.1, -0.05) is 19.8 Å². The smallest absolute Gasteiger partial charge is 0.253 e. The SMILES string of the molecule is C#C[C@]1(O)CCC2C3CC[C@H]4Cc5nn(S(=O)(=O)CC)cc5C[C@]4(C)C3CC[C@@]21C. The highest BCUT2D eigenvalue weighted by Gasteiger charge is 2.64. The van der Waals surface area contributed by atoms with Crippen LogP contribution < -0.4 is 0 Å². The van der Waals surface area contributed by atoms with Crippen LogP contribution in [0.2, 0.25) is 0 Å². The van der Waals surface area contributed by atoms with Gasteiger partial charge in [-0.15, -0.1) is 6.42 Å². The Morgan fingerprint density at radius 1 is 1.23 bits per heavy atom. The molecule has 164 valence electrons. The molecule has 0 radical (unpaired) electrons. The van der Waals surface area contributed by atoms with Crippen molar-refractivity contribution in [2.75, 3.05) is 5.75 Å². The van der Waals surface area contributed by atoms with E-state index in [-0.39, 0.29) is 16.6 Å². The topological polar surface area (TPSA) is 72.2 Å². The Hall–Kier alpha value is -1.32. The number of hydrogen-bond acceptors (Lipinski definition) is 4. The molecule has 3 unspecified atom stereocenters. The first-order valence-corrected chi connectivity index (χ1v) is 13.2. The Balaban J connectivity index is 1.48. The van der Waals surface area contributed by atoms with E-state index in [1.54, 1.807) is 13.1 Å². The van der Waals surface area contributed by atoms with Crippen molar-refractivity contribution in [3.05, 3.63) is 17.5 Å². The molecule has 7 atom stereocenters. The van der Waals surface area contributed by atoms with Crippen LogP contribution in [0.3, 0.4) is 0 Å². The summed E-state index contributed by atoms with van der Waals surface area (Å²) < 4.78 is 25.9. The number of hydrogen-bond donors (Lipinski definition) is 1. The van der Waals surface area contributed by atoms with Gasteiger partial charge in [-0.2, -0.15) is 9.19 Å². The molecule has 4 aliphatic carbocycles. The van der Waals surface area contributed by atoms with E-state index in [1.165, 1.54) is 10.5 Å². The third kappa shape index (κ3) is 2.51. The molecule has 30 heavy (non-hydrogen) atoms. The standard InChI is InChI=1S/C24H34N2O3S/c1-5-24(27)12-10-20-18-8-7-17-13-21-16(15-26(25-21)30(28,29)6-2)14-22(17,3)19(18)9-11-23(20,24)4/h1,15,17-20,27H,6-14H2,2-4H3/t17-,18?,19?,20?,22-,23-,24-/m0/s1. The van der Waals surface area contributed by atoms with Crippen LogP contribution in [0.4, 0.5) is 0 Å². The molecule has 1 aromatic rings. The molecule has 5 rings (SSSR count). The summed E-state index contributed by atoms with van der Waals surface area (Å²) in [6, 6.07) is 0. The molecule has 1 aromatic heterocycles. The van der Waals surface area contributed by atoms with Gasteiger partial charge >= 0.3 is 0 Å². The van der Waals surface area contributed by atoms with Crippen LogP contribution in [0.25, 0.3) is 0 Å². The molecular weight excluding hydrogens is 396 g/mol. The van der Waals surface area contributed by atoms with Crippen LogP contribution in [0.1, 0.15) is 70.6 Å². The third-order valence-corrected chi connectivity index (χ3v) is 11.5. The van der Waals surface area contributed by atoms with Crippen molar-refractivity contribution in [3.63, 3.8) is 0 Å². The van der Waals surface area contributed by atoms with Gasteiger partial charge in [0.15, 0.2) is 0 Å². The Morgan fingerprint density at radius 3 is 2.67 bits per heavy atom. The first-order valence-electron chi connectivity index (χ1n) is 11.6. The predicted molar refractivity (Wildman–Crippen MR) is 116 cm³/mol. The minimum atomic E-state index is -3.34. The van der Waals surface area contributed by atoms with Crippen LogP contribution in [-0.2, 0) is 22.9 Å². The number of aliphatic hydroxyl groups is 1. The van der Waals surface area contributed by atoms with Crippen molar-refractivity contribution in [1.29, 1.82) is 0 Å². The zero-order valence-electron chi connectivity index (χ0n) is 18.4. The molecule has 0 saturated heterocycles. The summed E-state index contributed by atoms with van der Waals surface area (Å²) in [7, 11) is -3.34. The predicted octanol–water partition coefficient (Wildman–Crippen LogP) is 3.40. The van der Waals surface area contributed by atoms with Crippen molar-refractivity contribution < 1.29 is 13.5 Å². The summed E-state index contributed by atoms with van der Waals surface area (Å²) in [6.45, 7) is 6.33. The Bertz CT molecular complexity index is 1020. The summed E-state index contributed by atoms with van der Waals surface area (Å²) >= 11 is 0. The lowest BCUT2D eigenvalue weighted by Crippen LogP contribution is -2.56. The molecule has 0 spiro atoms. The molecule has 3 fully saturated rings. The van der Waals surface area contributed by atoms with Gasteiger partial charge in [-0.05, 0) is 92.9 Å². The fourth-order valence-electron chi connectivity index (χ4n) is 8.06. The third-order valence-electron chi connectivity index (χ3n) is 9.97. The molecule has 1 heterocycles. The summed E-state index contributed by atoms with van der Waals surface area (Å²) in [6.07, 6.45) is 15.6. The number of rotatable bonds is 2. The summed E-state index contributed by atoms with van der Waals surface area (Å²) in [4.78, 5) is 0. The molecule has 0 aromatic carbocycles. The summed E-state index contributed by atoms with van der Waals surface area (Å²) in [5.74, 6) is 5.07. The quantitative estimate of drug-likeness (QED) is 0.730. The maximum absolute atomic E-state index is 12.4. The van der Waals surface area contributed by atoms with Gasteiger partial charge in [0.1, 0.15) is 5.60 Å². The minimum Gasteiger partial charge on any atom is -0.377 e. The van der Waals surface area contributed by atoms with Crippen LogP contribution in [0.15, 0.2) is 6.20 Å². The Labute approximate surface area is 180 Å². The van der Waals surface area contributed by atoms with Gasteiger partial charge in [0.05, 0.1) is 11.4 Å². The first-order chi connectivity index (χ1) is 14.1. The number of fused-ring (bicyclic) bond motifs is 6. The Kier molecular flexibility index (Phi) is 4.36. The van der Waals surface area contributed by atoms with Gasteiger partial charge in [0.2, 0.25) is 0 Å². The average Bonchev–Trinajstić information content (AvgIpc) is 3.25. The number of terminal acetylenes is 1. The van der Waals surface area contributed by atoms with Gasteiger partial charge in [-0.25, -0.2) is 8.42 Å². The van der Waals surface area contributed by atoms with Gasteiger partial charge < -0.3 is 5.11 Å². The fraction of sp³-hybridized carbons (Fsp3) is 0.792. The summed E-state index contributed by atoms with van der Waals surface area (Å²) in [5.41, 5.74) is 1.13. The maximum atomic E-state index is 12.4. The largest absolute Gasteiger partial charge is 0.377 e. The minimum absolute atomic E-state index is 0.0668. The number of nitrogens with zero attached hydrogens (tertiary/aromatic N) is 2. The Morgan fingerprint density at radius 2 is 1.97 bits per heavy atom. The lowest BCUT2D eigenvalue weighted by atomic mass is 9.44. The molecule has 0 amide bonds. The molecule has 0 bridgehead atoms. The van der Waals surface area contributed by atoms with Crippen LogP contribution >= 0.6 is 0 Å². The van der Waals surface area contributed by atoms with E-state index in [0.29, 0.717) is 23.7 Å². The molecule has 4 aliphatic rings. The molecule has 0 aliphatic heterocycles. The average molecular weight is 431 g/mol. The second-order valence-electron chi connectivity index (χ2n) is 10.9. The highest BCUT2D eigenvalue weighted by Crippen LogP contribution is 2.67. The van der Waals surface area contributed by atoms with Crippen LogP contribution in [0, 0.1) is 46.8 Å². The van der Waals surface area contributed by atoms with E-state index in [9.17, 15) is 13.5 Å². The van der Waals surface area contributed by atoms with E-state index in [0.717, 1.165) is 56.2 Å². The first kappa shape index (κ1) is 20.6. The second kappa shape index (κ2) is 6.36.